The molecule has 94 valence electrons. The first-order valence-corrected chi connectivity index (χ1v) is 6.10. The Bertz CT molecular complexity index is 347. The number of carbonyl (C=O) groups is 1. The van der Waals surface area contributed by atoms with Crippen LogP contribution in [0.4, 0.5) is 0 Å². The van der Waals surface area contributed by atoms with E-state index in [9.17, 15) is 4.79 Å². The lowest BCUT2D eigenvalue weighted by atomic mass is 9.88. The van der Waals surface area contributed by atoms with E-state index >= 15 is 0 Å². The summed E-state index contributed by atoms with van der Waals surface area (Å²) in [4.78, 5) is 15.8. The second kappa shape index (κ2) is 5.77. The van der Waals surface area contributed by atoms with Crippen LogP contribution in [-0.4, -0.2) is 40.7 Å². The SMILES string of the molecule is CC(C(=O)NCCCc1ncn[nH]1)C1CNC1. The fourth-order valence-corrected chi connectivity index (χ4v) is 1.86. The molecule has 0 saturated carbocycles. The summed E-state index contributed by atoms with van der Waals surface area (Å²) in [6, 6.07) is 0. The predicted octanol–water partition coefficient (Wildman–Crippen LogP) is -0.291. The highest BCUT2D eigenvalue weighted by atomic mass is 16.1. The number of aryl methyl sites for hydroxylation is 1. The maximum Gasteiger partial charge on any atom is 0.223 e. The number of rotatable bonds is 6. The van der Waals surface area contributed by atoms with Crippen LogP contribution in [0.1, 0.15) is 19.2 Å². The van der Waals surface area contributed by atoms with Gasteiger partial charge in [0.1, 0.15) is 12.2 Å². The molecule has 1 aliphatic rings. The minimum absolute atomic E-state index is 0.113. The van der Waals surface area contributed by atoms with Crippen molar-refractivity contribution in [2.45, 2.75) is 19.8 Å². The largest absolute Gasteiger partial charge is 0.356 e. The highest BCUT2D eigenvalue weighted by molar-refractivity contribution is 5.78. The van der Waals surface area contributed by atoms with Crippen molar-refractivity contribution >= 4 is 5.91 Å². The Kier molecular flexibility index (Phi) is 4.08. The average Bonchev–Trinajstić information content (AvgIpc) is 2.74. The average molecular weight is 237 g/mol. The van der Waals surface area contributed by atoms with Crippen LogP contribution in [0.15, 0.2) is 6.33 Å². The summed E-state index contributed by atoms with van der Waals surface area (Å²) in [7, 11) is 0. The Morgan fingerprint density at radius 1 is 1.65 bits per heavy atom. The van der Waals surface area contributed by atoms with E-state index in [2.05, 4.69) is 25.8 Å². The van der Waals surface area contributed by atoms with Crippen LogP contribution in [-0.2, 0) is 11.2 Å². The second-order valence-electron chi connectivity index (χ2n) is 4.53. The normalized spacial score (nSPS) is 17.5. The van der Waals surface area contributed by atoms with Crippen LogP contribution < -0.4 is 10.6 Å². The quantitative estimate of drug-likeness (QED) is 0.594. The van der Waals surface area contributed by atoms with Gasteiger partial charge in [0, 0.05) is 18.9 Å². The van der Waals surface area contributed by atoms with Gasteiger partial charge in [0.15, 0.2) is 0 Å². The molecule has 6 nitrogen and oxygen atoms in total. The lowest BCUT2D eigenvalue weighted by Crippen LogP contribution is -2.49. The lowest BCUT2D eigenvalue weighted by Gasteiger charge is -2.31. The standard InChI is InChI=1S/C11H19N5O/c1-8(9-5-12-6-9)11(17)13-4-2-3-10-14-7-15-16-10/h7-9,12H,2-6H2,1H3,(H,13,17)(H,14,15,16). The van der Waals surface area contributed by atoms with Gasteiger partial charge in [-0.3, -0.25) is 9.89 Å². The zero-order valence-electron chi connectivity index (χ0n) is 10.1. The summed E-state index contributed by atoms with van der Waals surface area (Å²) < 4.78 is 0. The van der Waals surface area contributed by atoms with Crippen LogP contribution in [0.3, 0.4) is 0 Å². The number of hydrogen-bond donors (Lipinski definition) is 3. The molecule has 0 bridgehead atoms. The Morgan fingerprint density at radius 2 is 2.47 bits per heavy atom. The fraction of sp³-hybridized carbons (Fsp3) is 0.727. The van der Waals surface area contributed by atoms with Gasteiger partial charge in [0.05, 0.1) is 0 Å². The molecular formula is C11H19N5O. The summed E-state index contributed by atoms with van der Waals surface area (Å²) in [6.45, 7) is 4.63. The van der Waals surface area contributed by atoms with E-state index in [0.29, 0.717) is 12.5 Å². The minimum Gasteiger partial charge on any atom is -0.356 e. The molecule has 0 radical (unpaired) electrons. The van der Waals surface area contributed by atoms with Crippen LogP contribution in [0, 0.1) is 11.8 Å². The molecule has 1 aromatic heterocycles. The molecule has 0 aromatic carbocycles. The molecule has 6 heteroatoms. The molecule has 1 atom stereocenters. The first-order chi connectivity index (χ1) is 8.27. The molecule has 2 heterocycles. The molecule has 0 aliphatic carbocycles. The van der Waals surface area contributed by atoms with Crippen LogP contribution in [0.5, 0.6) is 0 Å². The lowest BCUT2D eigenvalue weighted by molar-refractivity contribution is -0.126. The predicted molar refractivity (Wildman–Crippen MR) is 63.2 cm³/mol. The van der Waals surface area contributed by atoms with Gasteiger partial charge in [-0.15, -0.1) is 0 Å². The van der Waals surface area contributed by atoms with Crippen molar-refractivity contribution in [2.75, 3.05) is 19.6 Å². The van der Waals surface area contributed by atoms with E-state index in [1.807, 2.05) is 6.92 Å². The van der Waals surface area contributed by atoms with Gasteiger partial charge >= 0.3 is 0 Å². The van der Waals surface area contributed by atoms with E-state index in [4.69, 9.17) is 0 Å². The van der Waals surface area contributed by atoms with E-state index in [-0.39, 0.29) is 11.8 Å². The van der Waals surface area contributed by atoms with Crippen molar-refractivity contribution in [3.05, 3.63) is 12.2 Å². The van der Waals surface area contributed by atoms with Gasteiger partial charge in [-0.2, -0.15) is 5.10 Å². The summed E-state index contributed by atoms with van der Waals surface area (Å²) >= 11 is 0. The van der Waals surface area contributed by atoms with Gasteiger partial charge < -0.3 is 10.6 Å². The summed E-state index contributed by atoms with van der Waals surface area (Å²) in [6.07, 6.45) is 3.20. The molecule has 1 unspecified atom stereocenters. The zero-order valence-corrected chi connectivity index (χ0v) is 10.1. The monoisotopic (exact) mass is 237 g/mol. The number of nitrogens with one attached hydrogen (secondary N) is 3. The number of aromatic amines is 1. The summed E-state index contributed by atoms with van der Waals surface area (Å²) in [5, 5.41) is 12.7. The van der Waals surface area contributed by atoms with Gasteiger partial charge in [0.2, 0.25) is 5.91 Å². The zero-order chi connectivity index (χ0) is 12.1. The van der Waals surface area contributed by atoms with Crippen molar-refractivity contribution < 1.29 is 4.79 Å². The molecule has 0 spiro atoms. The number of hydrogen-bond acceptors (Lipinski definition) is 4. The molecule has 1 aromatic rings. The van der Waals surface area contributed by atoms with Gasteiger partial charge in [-0.05, 0) is 25.4 Å². The topological polar surface area (TPSA) is 82.7 Å². The third-order valence-corrected chi connectivity index (χ3v) is 3.29. The molecule has 1 saturated heterocycles. The Morgan fingerprint density at radius 3 is 3.06 bits per heavy atom. The number of H-pyrrole nitrogens is 1. The highest BCUT2D eigenvalue weighted by Crippen LogP contribution is 2.15. The minimum atomic E-state index is 0.113. The van der Waals surface area contributed by atoms with Crippen molar-refractivity contribution in [3.63, 3.8) is 0 Å². The second-order valence-corrected chi connectivity index (χ2v) is 4.53. The molecule has 2 rings (SSSR count). The number of carbonyl (C=O) groups excluding carboxylic acids is 1. The maximum atomic E-state index is 11.8. The molecular weight excluding hydrogens is 218 g/mol. The Hall–Kier alpha value is -1.43. The van der Waals surface area contributed by atoms with Crippen LogP contribution in [0.2, 0.25) is 0 Å². The van der Waals surface area contributed by atoms with E-state index < -0.39 is 0 Å². The van der Waals surface area contributed by atoms with E-state index in [0.717, 1.165) is 31.8 Å². The summed E-state index contributed by atoms with van der Waals surface area (Å²) in [5.74, 6) is 1.65. The van der Waals surface area contributed by atoms with Crippen molar-refractivity contribution in [1.82, 2.24) is 25.8 Å². The smallest absolute Gasteiger partial charge is 0.223 e. The van der Waals surface area contributed by atoms with Crippen molar-refractivity contribution in [3.8, 4) is 0 Å². The molecule has 1 amide bonds. The third-order valence-electron chi connectivity index (χ3n) is 3.29. The molecule has 1 aliphatic heterocycles. The van der Waals surface area contributed by atoms with Crippen LogP contribution >= 0.6 is 0 Å². The fourth-order valence-electron chi connectivity index (χ4n) is 1.86. The maximum absolute atomic E-state index is 11.8. The Balaban J connectivity index is 1.59. The van der Waals surface area contributed by atoms with E-state index in [1.165, 1.54) is 6.33 Å². The third kappa shape index (κ3) is 3.26. The number of amides is 1. The van der Waals surface area contributed by atoms with Gasteiger partial charge in [-0.25, -0.2) is 4.98 Å². The highest BCUT2D eigenvalue weighted by Gasteiger charge is 2.28. The van der Waals surface area contributed by atoms with Gasteiger partial charge in [0.25, 0.3) is 0 Å². The molecule has 1 fully saturated rings. The van der Waals surface area contributed by atoms with E-state index in [1.54, 1.807) is 0 Å². The van der Waals surface area contributed by atoms with Gasteiger partial charge in [-0.1, -0.05) is 6.92 Å². The number of nitrogens with zero attached hydrogens (tertiary/aromatic N) is 2. The first-order valence-electron chi connectivity index (χ1n) is 6.10. The van der Waals surface area contributed by atoms with Crippen molar-refractivity contribution in [2.24, 2.45) is 11.8 Å². The first kappa shape index (κ1) is 12.0. The Labute approximate surface area is 101 Å². The van der Waals surface area contributed by atoms with Crippen molar-refractivity contribution in [1.29, 1.82) is 0 Å². The molecule has 17 heavy (non-hydrogen) atoms. The molecule has 3 N–H and O–H groups in total. The summed E-state index contributed by atoms with van der Waals surface area (Å²) in [5.41, 5.74) is 0. The number of aromatic nitrogens is 3. The van der Waals surface area contributed by atoms with Crippen LogP contribution in [0.25, 0.3) is 0 Å².